The lowest BCUT2D eigenvalue weighted by Crippen LogP contribution is -2.27. The number of hydrogen-bond donors (Lipinski definition) is 3. The van der Waals surface area contributed by atoms with Crippen molar-refractivity contribution >= 4 is 21.9 Å². The Morgan fingerprint density at radius 2 is 1.83 bits per heavy atom. The van der Waals surface area contributed by atoms with E-state index >= 15 is 0 Å². The van der Waals surface area contributed by atoms with Crippen LogP contribution in [0.15, 0.2) is 42.5 Å². The molecule has 5 nitrogen and oxygen atoms in total. The molecule has 4 heterocycles. The number of aromatic nitrogens is 4. The molecule has 0 saturated carbocycles. The van der Waals surface area contributed by atoms with Gasteiger partial charge in [0.2, 0.25) is 0 Å². The average Bonchev–Trinajstić information content (AvgIpc) is 3.25. The molecule has 4 aromatic rings. The van der Waals surface area contributed by atoms with Crippen molar-refractivity contribution in [3.63, 3.8) is 0 Å². The molecule has 5 rings (SSSR count). The van der Waals surface area contributed by atoms with Crippen molar-refractivity contribution in [3.05, 3.63) is 48.2 Å². The number of fused-ring (bicyclic) bond motifs is 2. The normalized spacial score (nSPS) is 16.2. The van der Waals surface area contributed by atoms with Crippen molar-refractivity contribution < 1.29 is 0 Å². The molecule has 3 aromatic heterocycles. The van der Waals surface area contributed by atoms with Gasteiger partial charge in [0.1, 0.15) is 11.2 Å². The maximum absolute atomic E-state index is 4.96. The van der Waals surface area contributed by atoms with Gasteiger partial charge in [-0.2, -0.15) is 5.10 Å². The number of para-hydroxylation sites is 1. The standard InChI is InChI=1S/C19H19N5/c1-2-4-14-13(3-1)11-17(21-14)19-18-16(23-24-19)6-5-15(22-18)12-7-9-20-10-8-12/h1-6,11-12,20-21H,7-10H2,(H,23,24). The molecule has 24 heavy (non-hydrogen) atoms. The van der Waals surface area contributed by atoms with Crippen LogP contribution in [0.5, 0.6) is 0 Å². The molecule has 0 bridgehead atoms. The lowest BCUT2D eigenvalue weighted by atomic mass is 9.94. The third kappa shape index (κ3) is 2.20. The zero-order valence-corrected chi connectivity index (χ0v) is 13.3. The van der Waals surface area contributed by atoms with Gasteiger partial charge in [0, 0.05) is 22.5 Å². The third-order valence-corrected chi connectivity index (χ3v) is 4.97. The molecule has 3 N–H and O–H groups in total. The first-order chi connectivity index (χ1) is 11.9. The summed E-state index contributed by atoms with van der Waals surface area (Å²) in [6, 6.07) is 14.7. The Bertz CT molecular complexity index is 974. The molecule has 0 atom stereocenters. The Labute approximate surface area is 139 Å². The molecule has 1 aliphatic heterocycles. The summed E-state index contributed by atoms with van der Waals surface area (Å²) in [7, 11) is 0. The first-order valence-corrected chi connectivity index (χ1v) is 8.52. The molecule has 0 amide bonds. The van der Waals surface area contributed by atoms with E-state index in [2.05, 4.69) is 56.9 Å². The Morgan fingerprint density at radius 1 is 0.958 bits per heavy atom. The topological polar surface area (TPSA) is 69.4 Å². The number of H-pyrrole nitrogens is 2. The summed E-state index contributed by atoms with van der Waals surface area (Å²) in [4.78, 5) is 8.42. The van der Waals surface area contributed by atoms with E-state index < -0.39 is 0 Å². The fraction of sp³-hybridized carbons (Fsp3) is 0.263. The van der Waals surface area contributed by atoms with Crippen molar-refractivity contribution in [2.24, 2.45) is 0 Å². The van der Waals surface area contributed by atoms with Crippen LogP contribution in [0.2, 0.25) is 0 Å². The van der Waals surface area contributed by atoms with Crippen molar-refractivity contribution in [2.45, 2.75) is 18.8 Å². The van der Waals surface area contributed by atoms with Gasteiger partial charge < -0.3 is 10.3 Å². The van der Waals surface area contributed by atoms with Crippen LogP contribution in [0, 0.1) is 0 Å². The number of benzene rings is 1. The van der Waals surface area contributed by atoms with E-state index in [1.165, 1.54) is 11.1 Å². The van der Waals surface area contributed by atoms with Gasteiger partial charge in [-0.05, 0) is 50.2 Å². The minimum Gasteiger partial charge on any atom is -0.353 e. The molecule has 120 valence electrons. The fourth-order valence-electron chi connectivity index (χ4n) is 3.65. The minimum atomic E-state index is 0.543. The van der Waals surface area contributed by atoms with E-state index in [4.69, 9.17) is 4.98 Å². The molecule has 5 heteroatoms. The summed E-state index contributed by atoms with van der Waals surface area (Å²) >= 11 is 0. The monoisotopic (exact) mass is 317 g/mol. The second-order valence-corrected chi connectivity index (χ2v) is 6.50. The molecule has 1 aromatic carbocycles. The number of pyridine rings is 1. The fourth-order valence-corrected chi connectivity index (χ4v) is 3.65. The molecule has 0 spiro atoms. The van der Waals surface area contributed by atoms with Crippen LogP contribution in [0.1, 0.15) is 24.5 Å². The third-order valence-electron chi connectivity index (χ3n) is 4.97. The highest BCUT2D eigenvalue weighted by molar-refractivity contribution is 5.93. The summed E-state index contributed by atoms with van der Waals surface area (Å²) in [6.07, 6.45) is 2.30. The van der Waals surface area contributed by atoms with Crippen molar-refractivity contribution in [3.8, 4) is 11.4 Å². The smallest absolute Gasteiger partial charge is 0.135 e. The Hall–Kier alpha value is -2.66. The quantitative estimate of drug-likeness (QED) is 0.529. The Balaban J connectivity index is 1.62. The molecule has 0 aliphatic carbocycles. The first kappa shape index (κ1) is 13.7. The zero-order valence-electron chi connectivity index (χ0n) is 13.3. The van der Waals surface area contributed by atoms with Crippen LogP contribution in [0.4, 0.5) is 0 Å². The maximum atomic E-state index is 4.96. The predicted octanol–water partition coefficient (Wildman–Crippen LogP) is 3.57. The highest BCUT2D eigenvalue weighted by atomic mass is 15.1. The highest BCUT2D eigenvalue weighted by Gasteiger charge is 2.19. The van der Waals surface area contributed by atoms with Gasteiger partial charge in [0.05, 0.1) is 11.2 Å². The summed E-state index contributed by atoms with van der Waals surface area (Å²) in [6.45, 7) is 2.15. The van der Waals surface area contributed by atoms with Crippen LogP contribution in [0.3, 0.4) is 0 Å². The van der Waals surface area contributed by atoms with Gasteiger partial charge >= 0.3 is 0 Å². The van der Waals surface area contributed by atoms with Crippen molar-refractivity contribution in [2.75, 3.05) is 13.1 Å². The second-order valence-electron chi connectivity index (χ2n) is 6.50. The molecular weight excluding hydrogens is 298 g/mol. The molecule has 1 aliphatic rings. The van der Waals surface area contributed by atoms with E-state index in [1.54, 1.807) is 0 Å². The summed E-state index contributed by atoms with van der Waals surface area (Å²) in [5.41, 5.74) is 6.16. The van der Waals surface area contributed by atoms with Crippen LogP contribution in [0.25, 0.3) is 33.3 Å². The molecule has 0 radical (unpaired) electrons. The number of hydrogen-bond acceptors (Lipinski definition) is 3. The Morgan fingerprint density at radius 3 is 2.71 bits per heavy atom. The number of nitrogens with zero attached hydrogens (tertiary/aromatic N) is 2. The van der Waals surface area contributed by atoms with Crippen LogP contribution in [-0.4, -0.2) is 33.3 Å². The number of piperidine rings is 1. The van der Waals surface area contributed by atoms with E-state index in [0.717, 1.165) is 53.9 Å². The lowest BCUT2D eigenvalue weighted by Gasteiger charge is -2.22. The number of rotatable bonds is 2. The SMILES string of the molecule is c1ccc2[nH]c(-c3n[nH]c4ccc(C5CCNCC5)nc34)cc2c1. The lowest BCUT2D eigenvalue weighted by molar-refractivity contribution is 0.454. The number of aromatic amines is 2. The second kappa shape index (κ2) is 5.46. The highest BCUT2D eigenvalue weighted by Crippen LogP contribution is 2.30. The van der Waals surface area contributed by atoms with E-state index in [0.29, 0.717) is 5.92 Å². The molecule has 0 unspecified atom stereocenters. The number of nitrogens with one attached hydrogen (secondary N) is 3. The molecule has 1 saturated heterocycles. The minimum absolute atomic E-state index is 0.543. The summed E-state index contributed by atoms with van der Waals surface area (Å²) in [5.74, 6) is 0.543. The molecular formula is C19H19N5. The predicted molar refractivity (Wildman–Crippen MR) is 96.0 cm³/mol. The maximum Gasteiger partial charge on any atom is 0.135 e. The van der Waals surface area contributed by atoms with E-state index in [9.17, 15) is 0 Å². The van der Waals surface area contributed by atoms with Gasteiger partial charge in [0.15, 0.2) is 0 Å². The van der Waals surface area contributed by atoms with Gasteiger partial charge in [-0.3, -0.25) is 5.10 Å². The average molecular weight is 317 g/mol. The van der Waals surface area contributed by atoms with Gasteiger partial charge in [-0.1, -0.05) is 18.2 Å². The molecule has 1 fully saturated rings. The van der Waals surface area contributed by atoms with Crippen LogP contribution < -0.4 is 5.32 Å². The van der Waals surface area contributed by atoms with Gasteiger partial charge in [-0.25, -0.2) is 4.98 Å². The largest absolute Gasteiger partial charge is 0.353 e. The first-order valence-electron chi connectivity index (χ1n) is 8.52. The zero-order chi connectivity index (χ0) is 15.9. The van der Waals surface area contributed by atoms with Gasteiger partial charge in [-0.15, -0.1) is 0 Å². The van der Waals surface area contributed by atoms with Crippen molar-refractivity contribution in [1.82, 2.24) is 25.5 Å². The van der Waals surface area contributed by atoms with Gasteiger partial charge in [0.25, 0.3) is 0 Å². The van der Waals surface area contributed by atoms with Crippen LogP contribution >= 0.6 is 0 Å². The summed E-state index contributed by atoms with van der Waals surface area (Å²) < 4.78 is 0. The van der Waals surface area contributed by atoms with Crippen molar-refractivity contribution in [1.29, 1.82) is 0 Å². The van der Waals surface area contributed by atoms with E-state index in [-0.39, 0.29) is 0 Å². The van der Waals surface area contributed by atoms with E-state index in [1.807, 2.05) is 6.07 Å². The Kier molecular flexibility index (Phi) is 3.13. The van der Waals surface area contributed by atoms with Crippen LogP contribution in [-0.2, 0) is 0 Å². The summed E-state index contributed by atoms with van der Waals surface area (Å²) in [5, 5.41) is 12.2.